The molecule has 0 aliphatic heterocycles. The first-order valence-electron chi connectivity index (χ1n) is 9.61. The van der Waals surface area contributed by atoms with Gasteiger partial charge in [0.05, 0.1) is 6.10 Å². The molecule has 4 heteroatoms. The van der Waals surface area contributed by atoms with Crippen LogP contribution >= 0.6 is 0 Å². The van der Waals surface area contributed by atoms with Gasteiger partial charge >= 0.3 is 0 Å². The van der Waals surface area contributed by atoms with Gasteiger partial charge in [-0.15, -0.1) is 0 Å². The van der Waals surface area contributed by atoms with Gasteiger partial charge in [0.15, 0.2) is 0 Å². The van der Waals surface area contributed by atoms with Gasteiger partial charge in [0.25, 0.3) is 0 Å². The van der Waals surface area contributed by atoms with Crippen LogP contribution in [0.1, 0.15) is 36.1 Å². The molecular weight excluding hydrogens is 324 g/mol. The summed E-state index contributed by atoms with van der Waals surface area (Å²) in [5.41, 5.74) is 3.77. The number of benzene rings is 1. The number of pyridine rings is 1. The minimum Gasteiger partial charge on any atom is -0.393 e. The normalized spacial score (nSPS) is 23.1. The lowest BCUT2D eigenvalue weighted by Crippen LogP contribution is -2.48. The van der Waals surface area contributed by atoms with Gasteiger partial charge < -0.3 is 10.4 Å². The van der Waals surface area contributed by atoms with E-state index in [1.165, 1.54) is 11.1 Å². The van der Waals surface area contributed by atoms with E-state index in [1.807, 2.05) is 18.2 Å². The minimum absolute atomic E-state index is 0.0598. The molecule has 2 N–H and O–H groups in total. The molecule has 0 spiro atoms. The van der Waals surface area contributed by atoms with E-state index in [-0.39, 0.29) is 18.1 Å². The molecule has 1 aromatic heterocycles. The molecule has 1 fully saturated rings. The van der Waals surface area contributed by atoms with E-state index in [0.29, 0.717) is 18.3 Å². The van der Waals surface area contributed by atoms with Crippen LogP contribution in [0.4, 0.5) is 0 Å². The van der Waals surface area contributed by atoms with Gasteiger partial charge in [-0.05, 0) is 60.8 Å². The van der Waals surface area contributed by atoms with Crippen LogP contribution in [-0.2, 0) is 24.1 Å². The Morgan fingerprint density at radius 3 is 2.42 bits per heavy atom. The molecule has 4 nitrogen and oxygen atoms in total. The molecule has 1 heterocycles. The van der Waals surface area contributed by atoms with Gasteiger partial charge in [-0.3, -0.25) is 9.78 Å². The monoisotopic (exact) mass is 350 g/mol. The maximum atomic E-state index is 12.7. The number of nitrogens with zero attached hydrogens (tertiary/aromatic N) is 1. The molecule has 2 aromatic rings. The average molecular weight is 350 g/mol. The average Bonchev–Trinajstić information content (AvgIpc) is 3.01. The van der Waals surface area contributed by atoms with Gasteiger partial charge in [0.1, 0.15) is 0 Å². The highest BCUT2D eigenvalue weighted by molar-refractivity contribution is 5.76. The Bertz CT molecular complexity index is 731. The molecular formula is C22H26N2O2. The van der Waals surface area contributed by atoms with Gasteiger partial charge in [0, 0.05) is 30.8 Å². The van der Waals surface area contributed by atoms with E-state index < -0.39 is 0 Å². The third-order valence-electron chi connectivity index (χ3n) is 5.83. The first-order chi connectivity index (χ1) is 12.7. The predicted octanol–water partition coefficient (Wildman–Crippen LogP) is 2.68. The summed E-state index contributed by atoms with van der Waals surface area (Å²) in [6, 6.07) is 14.4. The molecule has 1 aromatic carbocycles. The van der Waals surface area contributed by atoms with Crippen LogP contribution in [0.5, 0.6) is 0 Å². The number of aliphatic hydroxyl groups is 1. The molecule has 0 bridgehead atoms. The Kier molecular flexibility index (Phi) is 5.02. The number of fused-ring (bicyclic) bond motifs is 1. The van der Waals surface area contributed by atoms with Crippen molar-refractivity contribution in [1.82, 2.24) is 10.3 Å². The number of nitrogens with one attached hydrogen (secondary N) is 1. The van der Waals surface area contributed by atoms with Gasteiger partial charge in [-0.2, -0.15) is 0 Å². The van der Waals surface area contributed by atoms with Crippen LogP contribution in [0, 0.1) is 11.8 Å². The number of amides is 1. The van der Waals surface area contributed by atoms with Crippen molar-refractivity contribution in [3.63, 3.8) is 0 Å². The van der Waals surface area contributed by atoms with E-state index >= 15 is 0 Å². The van der Waals surface area contributed by atoms with Crippen LogP contribution in [0.3, 0.4) is 0 Å². The van der Waals surface area contributed by atoms with Crippen molar-refractivity contribution in [3.05, 3.63) is 65.5 Å². The second-order valence-electron chi connectivity index (χ2n) is 7.83. The number of hydrogen-bond donors (Lipinski definition) is 2. The Hall–Kier alpha value is -2.20. The molecule has 0 saturated heterocycles. The zero-order valence-electron chi connectivity index (χ0n) is 15.0. The maximum Gasteiger partial charge on any atom is 0.220 e. The molecule has 4 rings (SSSR count). The molecule has 26 heavy (non-hydrogen) atoms. The Morgan fingerprint density at radius 2 is 1.81 bits per heavy atom. The largest absolute Gasteiger partial charge is 0.393 e. The summed E-state index contributed by atoms with van der Waals surface area (Å²) in [6.07, 6.45) is 6.41. The molecule has 136 valence electrons. The highest BCUT2D eigenvalue weighted by atomic mass is 16.3. The van der Waals surface area contributed by atoms with E-state index in [9.17, 15) is 9.90 Å². The second kappa shape index (κ2) is 7.58. The summed E-state index contributed by atoms with van der Waals surface area (Å²) in [4.78, 5) is 17.1. The molecule has 0 radical (unpaired) electrons. The summed E-state index contributed by atoms with van der Waals surface area (Å²) in [5.74, 6) is 0.872. The Morgan fingerprint density at radius 1 is 1.12 bits per heavy atom. The fraction of sp³-hybridized carbons (Fsp3) is 0.455. The molecule has 1 saturated carbocycles. The van der Waals surface area contributed by atoms with Crippen molar-refractivity contribution in [2.45, 2.75) is 50.7 Å². The van der Waals surface area contributed by atoms with Crippen molar-refractivity contribution in [3.8, 4) is 0 Å². The fourth-order valence-electron chi connectivity index (χ4n) is 4.36. The van der Waals surface area contributed by atoms with Crippen molar-refractivity contribution < 1.29 is 9.90 Å². The standard InChI is InChI=1S/C22H26N2O2/c25-20-12-18(13-20)21(14-19-7-3-4-8-23-19)24-22(26)11-15-9-16-5-1-2-6-17(16)10-15/h1-8,15,18,20-21,25H,9-14H2,(H,24,26). The predicted molar refractivity (Wildman–Crippen MR) is 101 cm³/mol. The lowest BCUT2D eigenvalue weighted by atomic mass is 9.75. The van der Waals surface area contributed by atoms with E-state index in [0.717, 1.165) is 37.8 Å². The van der Waals surface area contributed by atoms with Crippen molar-refractivity contribution >= 4 is 5.91 Å². The number of carbonyl (C=O) groups excluding carboxylic acids is 1. The molecule has 1 atom stereocenters. The topological polar surface area (TPSA) is 62.2 Å². The van der Waals surface area contributed by atoms with Crippen LogP contribution in [0.15, 0.2) is 48.7 Å². The molecule has 1 unspecified atom stereocenters. The van der Waals surface area contributed by atoms with E-state index in [2.05, 4.69) is 34.6 Å². The Balaban J connectivity index is 1.35. The molecule has 2 aliphatic rings. The van der Waals surface area contributed by atoms with Crippen molar-refractivity contribution in [1.29, 1.82) is 0 Å². The van der Waals surface area contributed by atoms with Gasteiger partial charge in [-0.1, -0.05) is 30.3 Å². The summed E-state index contributed by atoms with van der Waals surface area (Å²) in [6.45, 7) is 0. The minimum atomic E-state index is -0.215. The highest BCUT2D eigenvalue weighted by Gasteiger charge is 2.35. The molecule has 2 aliphatic carbocycles. The Labute approximate surface area is 154 Å². The number of carbonyl (C=O) groups is 1. The summed E-state index contributed by atoms with van der Waals surface area (Å²) in [5, 5.41) is 12.9. The number of hydrogen-bond acceptors (Lipinski definition) is 3. The number of aromatic nitrogens is 1. The smallest absolute Gasteiger partial charge is 0.220 e. The van der Waals surface area contributed by atoms with Crippen LogP contribution in [0.2, 0.25) is 0 Å². The lowest BCUT2D eigenvalue weighted by molar-refractivity contribution is -0.123. The summed E-state index contributed by atoms with van der Waals surface area (Å²) >= 11 is 0. The van der Waals surface area contributed by atoms with Gasteiger partial charge in [0.2, 0.25) is 5.91 Å². The third-order valence-corrected chi connectivity index (χ3v) is 5.83. The maximum absolute atomic E-state index is 12.7. The first-order valence-corrected chi connectivity index (χ1v) is 9.61. The van der Waals surface area contributed by atoms with E-state index in [4.69, 9.17) is 0 Å². The van der Waals surface area contributed by atoms with Crippen molar-refractivity contribution in [2.75, 3.05) is 0 Å². The second-order valence-corrected chi connectivity index (χ2v) is 7.83. The highest BCUT2D eigenvalue weighted by Crippen LogP contribution is 2.32. The number of aliphatic hydroxyl groups excluding tert-OH is 1. The van der Waals surface area contributed by atoms with E-state index in [1.54, 1.807) is 6.20 Å². The van der Waals surface area contributed by atoms with Gasteiger partial charge in [-0.25, -0.2) is 0 Å². The third kappa shape index (κ3) is 3.96. The van der Waals surface area contributed by atoms with Crippen molar-refractivity contribution in [2.24, 2.45) is 11.8 Å². The molecule has 1 amide bonds. The van der Waals surface area contributed by atoms with Crippen LogP contribution in [0.25, 0.3) is 0 Å². The summed E-state index contributed by atoms with van der Waals surface area (Å²) < 4.78 is 0. The quantitative estimate of drug-likeness (QED) is 0.842. The zero-order chi connectivity index (χ0) is 17.9. The lowest BCUT2D eigenvalue weighted by Gasteiger charge is -2.38. The number of rotatable bonds is 6. The SMILES string of the molecule is O=C(CC1Cc2ccccc2C1)NC(Cc1ccccn1)C1CC(O)C1. The zero-order valence-corrected chi connectivity index (χ0v) is 15.0. The summed E-state index contributed by atoms with van der Waals surface area (Å²) in [7, 11) is 0. The van der Waals surface area contributed by atoms with Crippen LogP contribution < -0.4 is 5.32 Å². The van der Waals surface area contributed by atoms with Crippen LogP contribution in [-0.4, -0.2) is 28.1 Å². The first kappa shape index (κ1) is 17.2. The fourth-order valence-corrected chi connectivity index (χ4v) is 4.36.